The molecular weight excluding hydrogens is 389 g/mol. The monoisotopic (exact) mass is 401 g/mol. The molecule has 20 heavy (non-hydrogen) atoms. The van der Waals surface area contributed by atoms with Crippen molar-refractivity contribution < 1.29 is 12.8 Å². The third-order valence-electron chi connectivity index (χ3n) is 3.02. The Bertz CT molecular complexity index is 589. The molecular formula is C12H14BrClFNO2S2. The van der Waals surface area contributed by atoms with Crippen molar-refractivity contribution in [3.05, 3.63) is 28.0 Å². The lowest BCUT2D eigenvalue weighted by Crippen LogP contribution is -2.33. The van der Waals surface area contributed by atoms with Crippen LogP contribution in [0.2, 0.25) is 0 Å². The molecule has 0 bridgehead atoms. The average molecular weight is 403 g/mol. The molecule has 1 heterocycles. The van der Waals surface area contributed by atoms with Gasteiger partial charge < -0.3 is 0 Å². The third kappa shape index (κ3) is 3.50. The molecule has 0 amide bonds. The second-order valence-corrected chi connectivity index (χ2v) is 8.69. The molecule has 0 spiro atoms. The fraction of sp³-hybridized carbons (Fsp3) is 0.500. The highest BCUT2D eigenvalue weighted by Crippen LogP contribution is 2.28. The summed E-state index contributed by atoms with van der Waals surface area (Å²) in [5.41, 5.74) is 0.184. The number of benzene rings is 1. The van der Waals surface area contributed by atoms with Crippen molar-refractivity contribution in [2.75, 3.05) is 24.6 Å². The maximum atomic E-state index is 14.3. The summed E-state index contributed by atoms with van der Waals surface area (Å²) in [4.78, 5) is -0.297. The van der Waals surface area contributed by atoms with Gasteiger partial charge in [0.15, 0.2) is 0 Å². The Labute approximate surface area is 136 Å². The van der Waals surface area contributed by atoms with E-state index in [1.807, 2.05) is 0 Å². The van der Waals surface area contributed by atoms with Gasteiger partial charge in [-0.25, -0.2) is 12.8 Å². The van der Waals surface area contributed by atoms with Crippen molar-refractivity contribution >= 4 is 49.3 Å². The van der Waals surface area contributed by atoms with E-state index in [4.69, 9.17) is 11.6 Å². The standard InChI is InChI=1S/C12H14BrClFNO2S2/c13-10-6-9(8-14)12(15)11(7-10)20(17,18)16-2-1-4-19-5-3-16/h6-7H,1-5,8H2. The highest BCUT2D eigenvalue weighted by Gasteiger charge is 2.29. The smallest absolute Gasteiger partial charge is 0.207 e. The summed E-state index contributed by atoms with van der Waals surface area (Å²) in [5.74, 6) is 0.848. The quantitative estimate of drug-likeness (QED) is 0.727. The first-order chi connectivity index (χ1) is 9.46. The van der Waals surface area contributed by atoms with Crippen molar-refractivity contribution in [2.45, 2.75) is 17.2 Å². The van der Waals surface area contributed by atoms with Gasteiger partial charge in [-0.1, -0.05) is 15.9 Å². The molecule has 0 saturated carbocycles. The summed E-state index contributed by atoms with van der Waals surface area (Å²) >= 11 is 10.6. The summed E-state index contributed by atoms with van der Waals surface area (Å²) < 4.78 is 41.3. The van der Waals surface area contributed by atoms with Crippen LogP contribution in [0.3, 0.4) is 0 Å². The van der Waals surface area contributed by atoms with Gasteiger partial charge in [-0.05, 0) is 24.3 Å². The lowest BCUT2D eigenvalue weighted by Gasteiger charge is -2.20. The Morgan fingerprint density at radius 2 is 2.10 bits per heavy atom. The molecule has 1 fully saturated rings. The summed E-state index contributed by atoms with van der Waals surface area (Å²) in [5, 5.41) is 0. The largest absolute Gasteiger partial charge is 0.246 e. The van der Waals surface area contributed by atoms with Crippen LogP contribution in [0.1, 0.15) is 12.0 Å². The summed E-state index contributed by atoms with van der Waals surface area (Å²) in [6.07, 6.45) is 0.780. The van der Waals surface area contributed by atoms with Gasteiger partial charge in [0.25, 0.3) is 0 Å². The molecule has 3 nitrogen and oxygen atoms in total. The van der Waals surface area contributed by atoms with Gasteiger partial charge in [0.1, 0.15) is 10.7 Å². The highest BCUT2D eigenvalue weighted by molar-refractivity contribution is 9.10. The molecule has 1 saturated heterocycles. The maximum Gasteiger partial charge on any atom is 0.246 e. The van der Waals surface area contributed by atoms with Crippen LogP contribution in [0, 0.1) is 5.82 Å². The number of alkyl halides is 1. The molecule has 0 N–H and O–H groups in total. The maximum absolute atomic E-state index is 14.3. The summed E-state index contributed by atoms with van der Waals surface area (Å²) in [7, 11) is -3.81. The highest BCUT2D eigenvalue weighted by atomic mass is 79.9. The first-order valence-electron chi connectivity index (χ1n) is 6.08. The third-order valence-corrected chi connectivity index (χ3v) is 6.71. The second-order valence-electron chi connectivity index (χ2n) is 4.38. The topological polar surface area (TPSA) is 37.4 Å². The van der Waals surface area contributed by atoms with Gasteiger partial charge in [0.2, 0.25) is 10.0 Å². The molecule has 1 aromatic rings. The number of nitrogens with zero attached hydrogens (tertiary/aromatic N) is 1. The van der Waals surface area contributed by atoms with Crippen LogP contribution in [0.25, 0.3) is 0 Å². The lowest BCUT2D eigenvalue weighted by atomic mass is 10.2. The fourth-order valence-corrected chi connectivity index (χ4v) is 5.47. The molecule has 1 aliphatic heterocycles. The SMILES string of the molecule is O=S(=O)(c1cc(Br)cc(CCl)c1F)N1CCCSCC1. The Kier molecular flexibility index (Phi) is 5.76. The van der Waals surface area contributed by atoms with Crippen LogP contribution in [0.4, 0.5) is 4.39 Å². The van der Waals surface area contributed by atoms with Crippen molar-refractivity contribution in [1.29, 1.82) is 0 Å². The van der Waals surface area contributed by atoms with E-state index < -0.39 is 15.8 Å². The number of hydrogen-bond acceptors (Lipinski definition) is 3. The average Bonchev–Trinajstić information content (AvgIpc) is 2.70. The van der Waals surface area contributed by atoms with Gasteiger partial charge in [0.05, 0.1) is 5.88 Å². The predicted molar refractivity (Wildman–Crippen MR) is 84.4 cm³/mol. The molecule has 0 radical (unpaired) electrons. The Hall–Kier alpha value is 0.180. The van der Waals surface area contributed by atoms with Gasteiger partial charge in [-0.2, -0.15) is 16.1 Å². The lowest BCUT2D eigenvalue weighted by molar-refractivity contribution is 0.430. The summed E-state index contributed by atoms with van der Waals surface area (Å²) in [6.45, 7) is 0.840. The zero-order valence-electron chi connectivity index (χ0n) is 10.6. The van der Waals surface area contributed by atoms with Crippen molar-refractivity contribution in [2.24, 2.45) is 0 Å². The van der Waals surface area contributed by atoms with Gasteiger partial charge in [-0.15, -0.1) is 11.6 Å². The van der Waals surface area contributed by atoms with E-state index in [0.29, 0.717) is 17.6 Å². The van der Waals surface area contributed by atoms with Gasteiger partial charge in [0, 0.05) is 28.9 Å². The van der Waals surface area contributed by atoms with Crippen LogP contribution < -0.4 is 0 Å². The molecule has 0 aromatic heterocycles. The first-order valence-corrected chi connectivity index (χ1v) is 10.0. The summed E-state index contributed by atoms with van der Waals surface area (Å²) in [6, 6.07) is 2.80. The normalized spacial score (nSPS) is 17.9. The Morgan fingerprint density at radius 1 is 1.35 bits per heavy atom. The first kappa shape index (κ1) is 16.5. The van der Waals surface area contributed by atoms with Crippen LogP contribution in [0.15, 0.2) is 21.5 Å². The minimum Gasteiger partial charge on any atom is -0.207 e. The second kappa shape index (κ2) is 6.96. The van der Waals surface area contributed by atoms with E-state index in [9.17, 15) is 12.8 Å². The minimum atomic E-state index is -3.81. The molecule has 0 unspecified atom stereocenters. The van der Waals surface area contributed by atoms with E-state index in [1.54, 1.807) is 11.8 Å². The van der Waals surface area contributed by atoms with E-state index in [1.165, 1.54) is 16.4 Å². The van der Waals surface area contributed by atoms with Gasteiger partial charge in [-0.3, -0.25) is 0 Å². The number of hydrogen-bond donors (Lipinski definition) is 0. The molecule has 1 aliphatic rings. The number of thioether (sulfide) groups is 1. The molecule has 0 aliphatic carbocycles. The van der Waals surface area contributed by atoms with Crippen molar-refractivity contribution in [1.82, 2.24) is 4.31 Å². The number of rotatable bonds is 3. The van der Waals surface area contributed by atoms with Crippen molar-refractivity contribution in [3.8, 4) is 0 Å². The van der Waals surface area contributed by atoms with E-state index in [2.05, 4.69) is 15.9 Å². The van der Waals surface area contributed by atoms with E-state index in [0.717, 1.165) is 17.9 Å². The Balaban J connectivity index is 2.45. The van der Waals surface area contributed by atoms with Crippen LogP contribution in [-0.4, -0.2) is 37.3 Å². The zero-order chi connectivity index (χ0) is 14.8. The van der Waals surface area contributed by atoms with E-state index >= 15 is 0 Å². The molecule has 2 rings (SSSR count). The molecule has 112 valence electrons. The fourth-order valence-electron chi connectivity index (χ4n) is 2.01. The van der Waals surface area contributed by atoms with Gasteiger partial charge >= 0.3 is 0 Å². The van der Waals surface area contributed by atoms with Crippen molar-refractivity contribution in [3.63, 3.8) is 0 Å². The molecule has 8 heteroatoms. The Morgan fingerprint density at radius 3 is 2.80 bits per heavy atom. The molecule has 1 aromatic carbocycles. The van der Waals surface area contributed by atoms with E-state index in [-0.39, 0.29) is 16.3 Å². The molecule has 0 atom stereocenters. The predicted octanol–water partition coefficient (Wildman–Crippen LogP) is 3.45. The van der Waals surface area contributed by atoms with Crippen LogP contribution in [0.5, 0.6) is 0 Å². The van der Waals surface area contributed by atoms with Crippen LogP contribution >= 0.6 is 39.3 Å². The number of halogens is 3. The van der Waals surface area contributed by atoms with Crippen LogP contribution in [-0.2, 0) is 15.9 Å². The zero-order valence-corrected chi connectivity index (χ0v) is 14.6. The minimum absolute atomic E-state index is 0.0658. The number of sulfonamides is 1.